The van der Waals surface area contributed by atoms with Crippen LogP contribution in [-0.2, 0) is 0 Å². The Labute approximate surface area is 115 Å². The van der Waals surface area contributed by atoms with E-state index in [4.69, 9.17) is 4.74 Å². The number of ketones is 1. The van der Waals surface area contributed by atoms with Gasteiger partial charge in [-0.2, -0.15) is 0 Å². The fourth-order valence-corrected chi connectivity index (χ4v) is 2.43. The van der Waals surface area contributed by atoms with Gasteiger partial charge in [-0.25, -0.2) is 0 Å². The van der Waals surface area contributed by atoms with Crippen molar-refractivity contribution in [2.75, 3.05) is 19.6 Å². The standard InChI is InChI=1S/C16H23NO2/c1-13(9-12-17-10-3-4-11-17)19-16-7-5-15(6-8-16)14(2)18/h5-8,13H,3-4,9-12H2,1-2H3. The topological polar surface area (TPSA) is 29.5 Å². The largest absolute Gasteiger partial charge is 0.491 e. The quantitative estimate of drug-likeness (QED) is 0.737. The SMILES string of the molecule is CC(=O)c1ccc(OC(C)CCN2CCCC2)cc1. The smallest absolute Gasteiger partial charge is 0.159 e. The first-order chi connectivity index (χ1) is 9.15. The Balaban J connectivity index is 1.77. The summed E-state index contributed by atoms with van der Waals surface area (Å²) in [6.07, 6.45) is 3.93. The number of benzene rings is 1. The van der Waals surface area contributed by atoms with Gasteiger partial charge in [0.1, 0.15) is 5.75 Å². The highest BCUT2D eigenvalue weighted by Gasteiger charge is 2.13. The molecule has 1 saturated heterocycles. The van der Waals surface area contributed by atoms with E-state index in [0.717, 1.165) is 24.3 Å². The van der Waals surface area contributed by atoms with Crippen molar-refractivity contribution in [1.29, 1.82) is 0 Å². The molecule has 3 nitrogen and oxygen atoms in total. The van der Waals surface area contributed by atoms with Crippen molar-refractivity contribution < 1.29 is 9.53 Å². The Hall–Kier alpha value is -1.35. The minimum Gasteiger partial charge on any atom is -0.491 e. The Morgan fingerprint density at radius 3 is 2.47 bits per heavy atom. The maximum absolute atomic E-state index is 11.2. The molecule has 104 valence electrons. The van der Waals surface area contributed by atoms with Gasteiger partial charge in [0, 0.05) is 12.1 Å². The van der Waals surface area contributed by atoms with Crippen LogP contribution in [0.15, 0.2) is 24.3 Å². The van der Waals surface area contributed by atoms with Crippen molar-refractivity contribution in [3.63, 3.8) is 0 Å². The number of likely N-dealkylation sites (tertiary alicyclic amines) is 1. The van der Waals surface area contributed by atoms with E-state index in [0.29, 0.717) is 0 Å². The predicted molar refractivity (Wildman–Crippen MR) is 76.8 cm³/mol. The van der Waals surface area contributed by atoms with Gasteiger partial charge in [-0.15, -0.1) is 0 Å². The number of Topliss-reactive ketones (excluding diaryl/α,β-unsaturated/α-hetero) is 1. The summed E-state index contributed by atoms with van der Waals surface area (Å²) in [4.78, 5) is 13.7. The summed E-state index contributed by atoms with van der Waals surface area (Å²) in [5.74, 6) is 0.938. The number of ether oxygens (including phenoxy) is 1. The Kier molecular flexibility index (Phi) is 4.97. The van der Waals surface area contributed by atoms with Crippen LogP contribution in [0, 0.1) is 0 Å². The second kappa shape index (κ2) is 6.71. The number of carbonyl (C=O) groups excluding carboxylic acids is 1. The average Bonchev–Trinajstić information content (AvgIpc) is 2.90. The lowest BCUT2D eigenvalue weighted by atomic mass is 10.1. The molecule has 3 heteroatoms. The lowest BCUT2D eigenvalue weighted by Crippen LogP contribution is -2.25. The zero-order valence-electron chi connectivity index (χ0n) is 11.9. The zero-order valence-corrected chi connectivity index (χ0v) is 11.9. The van der Waals surface area contributed by atoms with Gasteiger partial charge < -0.3 is 9.64 Å². The lowest BCUT2D eigenvalue weighted by Gasteiger charge is -2.19. The van der Waals surface area contributed by atoms with E-state index in [1.165, 1.54) is 25.9 Å². The third kappa shape index (κ3) is 4.35. The molecule has 0 bridgehead atoms. The molecular weight excluding hydrogens is 238 g/mol. The van der Waals surface area contributed by atoms with Crippen molar-refractivity contribution in [3.05, 3.63) is 29.8 Å². The monoisotopic (exact) mass is 261 g/mol. The Morgan fingerprint density at radius 1 is 1.26 bits per heavy atom. The molecule has 0 saturated carbocycles. The molecule has 0 amide bonds. The molecule has 2 rings (SSSR count). The van der Waals surface area contributed by atoms with Gasteiger partial charge in [0.25, 0.3) is 0 Å². The summed E-state index contributed by atoms with van der Waals surface area (Å²) < 4.78 is 5.87. The number of nitrogens with zero attached hydrogens (tertiary/aromatic N) is 1. The molecule has 1 atom stereocenters. The summed E-state index contributed by atoms with van der Waals surface area (Å²) >= 11 is 0. The van der Waals surface area contributed by atoms with E-state index in [1.54, 1.807) is 6.92 Å². The molecule has 1 fully saturated rings. The minimum atomic E-state index is 0.0913. The van der Waals surface area contributed by atoms with E-state index in [2.05, 4.69) is 11.8 Å². The fourth-order valence-electron chi connectivity index (χ4n) is 2.43. The maximum atomic E-state index is 11.2. The summed E-state index contributed by atoms with van der Waals surface area (Å²) in [6, 6.07) is 7.40. The highest BCUT2D eigenvalue weighted by Crippen LogP contribution is 2.16. The first kappa shape index (κ1) is 14.1. The third-order valence-electron chi connectivity index (χ3n) is 3.65. The lowest BCUT2D eigenvalue weighted by molar-refractivity contribution is 0.101. The number of rotatable bonds is 6. The van der Waals surface area contributed by atoms with Crippen LogP contribution in [0.3, 0.4) is 0 Å². The van der Waals surface area contributed by atoms with E-state index in [1.807, 2.05) is 24.3 Å². The molecule has 0 aliphatic carbocycles. The molecule has 0 radical (unpaired) electrons. The molecule has 1 aromatic rings. The van der Waals surface area contributed by atoms with Crippen LogP contribution < -0.4 is 4.74 Å². The Morgan fingerprint density at radius 2 is 1.89 bits per heavy atom. The minimum absolute atomic E-state index is 0.0913. The first-order valence-electron chi connectivity index (χ1n) is 7.15. The van der Waals surface area contributed by atoms with Gasteiger partial charge >= 0.3 is 0 Å². The predicted octanol–water partition coefficient (Wildman–Crippen LogP) is 3.14. The highest BCUT2D eigenvalue weighted by atomic mass is 16.5. The van der Waals surface area contributed by atoms with Crippen LogP contribution in [0.4, 0.5) is 0 Å². The van der Waals surface area contributed by atoms with Gasteiger partial charge in [0.05, 0.1) is 6.10 Å². The van der Waals surface area contributed by atoms with E-state index in [9.17, 15) is 4.79 Å². The van der Waals surface area contributed by atoms with Crippen LogP contribution in [0.25, 0.3) is 0 Å². The molecule has 0 aromatic heterocycles. The second-order valence-corrected chi connectivity index (χ2v) is 5.35. The molecular formula is C16H23NO2. The molecule has 0 spiro atoms. The summed E-state index contributed by atoms with van der Waals surface area (Å²) in [5, 5.41) is 0. The number of hydrogen-bond donors (Lipinski definition) is 0. The average molecular weight is 261 g/mol. The molecule has 0 N–H and O–H groups in total. The summed E-state index contributed by atoms with van der Waals surface area (Å²) in [5.41, 5.74) is 0.733. The van der Waals surface area contributed by atoms with Gasteiger partial charge in [-0.1, -0.05) is 0 Å². The highest BCUT2D eigenvalue weighted by molar-refractivity contribution is 5.94. The van der Waals surface area contributed by atoms with E-state index in [-0.39, 0.29) is 11.9 Å². The van der Waals surface area contributed by atoms with Crippen molar-refractivity contribution in [2.24, 2.45) is 0 Å². The van der Waals surface area contributed by atoms with Crippen LogP contribution in [-0.4, -0.2) is 36.4 Å². The van der Waals surface area contributed by atoms with Crippen LogP contribution in [0.5, 0.6) is 5.75 Å². The number of hydrogen-bond acceptors (Lipinski definition) is 3. The zero-order chi connectivity index (χ0) is 13.7. The van der Waals surface area contributed by atoms with Crippen molar-refractivity contribution >= 4 is 5.78 Å². The molecule has 1 unspecified atom stereocenters. The van der Waals surface area contributed by atoms with Gasteiger partial charge in [0.15, 0.2) is 5.78 Å². The van der Waals surface area contributed by atoms with Crippen LogP contribution in [0.1, 0.15) is 43.5 Å². The Bertz CT molecular complexity index is 407. The molecule has 1 heterocycles. The van der Waals surface area contributed by atoms with Crippen LogP contribution in [0.2, 0.25) is 0 Å². The number of carbonyl (C=O) groups is 1. The third-order valence-corrected chi connectivity index (χ3v) is 3.65. The van der Waals surface area contributed by atoms with Crippen molar-refractivity contribution in [1.82, 2.24) is 4.90 Å². The maximum Gasteiger partial charge on any atom is 0.159 e. The normalized spacial score (nSPS) is 17.4. The van der Waals surface area contributed by atoms with Gasteiger partial charge in [0.2, 0.25) is 0 Å². The van der Waals surface area contributed by atoms with Crippen molar-refractivity contribution in [2.45, 2.75) is 39.2 Å². The first-order valence-corrected chi connectivity index (χ1v) is 7.15. The van der Waals surface area contributed by atoms with Gasteiger partial charge in [-0.3, -0.25) is 4.79 Å². The molecule has 1 aromatic carbocycles. The van der Waals surface area contributed by atoms with E-state index >= 15 is 0 Å². The van der Waals surface area contributed by atoms with Crippen molar-refractivity contribution in [3.8, 4) is 5.75 Å². The molecule has 1 aliphatic heterocycles. The molecule has 1 aliphatic rings. The fraction of sp³-hybridized carbons (Fsp3) is 0.562. The summed E-state index contributed by atoms with van der Waals surface area (Å²) in [6.45, 7) is 7.27. The van der Waals surface area contributed by atoms with Gasteiger partial charge in [-0.05, 0) is 70.5 Å². The second-order valence-electron chi connectivity index (χ2n) is 5.35. The van der Waals surface area contributed by atoms with Crippen LogP contribution >= 0.6 is 0 Å². The van der Waals surface area contributed by atoms with E-state index < -0.39 is 0 Å². The summed E-state index contributed by atoms with van der Waals surface area (Å²) in [7, 11) is 0. The molecule has 19 heavy (non-hydrogen) atoms.